The Balaban J connectivity index is 2.22. The third kappa shape index (κ3) is 3.73. The second-order valence-electron chi connectivity index (χ2n) is 3.90. The smallest absolute Gasteiger partial charge is 0.309 e. The molecular formula is C11H8F2N2O4S2. The fourth-order valence-electron chi connectivity index (χ4n) is 1.41. The number of thiazole rings is 1. The maximum Gasteiger partial charge on any atom is 0.309 e. The Morgan fingerprint density at radius 3 is 2.67 bits per heavy atom. The summed E-state index contributed by atoms with van der Waals surface area (Å²) in [6.07, 6.45) is -0.344. The van der Waals surface area contributed by atoms with Crippen molar-refractivity contribution in [1.82, 2.24) is 4.98 Å². The number of anilines is 1. The van der Waals surface area contributed by atoms with Gasteiger partial charge in [-0.3, -0.25) is 9.52 Å². The fraction of sp³-hybridized carbons (Fsp3) is 0.0909. The van der Waals surface area contributed by atoms with E-state index >= 15 is 0 Å². The first-order valence-electron chi connectivity index (χ1n) is 5.42. The Labute approximate surface area is 122 Å². The zero-order chi connectivity index (χ0) is 15.6. The first-order valence-corrected chi connectivity index (χ1v) is 7.78. The van der Waals surface area contributed by atoms with Crippen LogP contribution in [0.3, 0.4) is 0 Å². The van der Waals surface area contributed by atoms with E-state index in [2.05, 4.69) is 9.71 Å². The van der Waals surface area contributed by atoms with Gasteiger partial charge in [0.15, 0.2) is 16.8 Å². The standard InChI is InChI=1S/C11H8F2N2O4S2/c12-8-2-1-7(4-9(8)13)21(18,19)15-11-14-6(5-20-11)3-10(16)17/h1-2,4-5H,3H2,(H,14,15)(H,16,17). The van der Waals surface area contributed by atoms with Gasteiger partial charge in [0.05, 0.1) is 17.0 Å². The van der Waals surface area contributed by atoms with Crippen LogP contribution < -0.4 is 4.72 Å². The molecule has 1 aromatic carbocycles. The van der Waals surface area contributed by atoms with E-state index in [0.717, 1.165) is 17.4 Å². The normalized spacial score (nSPS) is 11.3. The molecule has 1 heterocycles. The molecule has 2 aromatic rings. The highest BCUT2D eigenvalue weighted by Crippen LogP contribution is 2.21. The minimum Gasteiger partial charge on any atom is -0.481 e. The molecule has 0 saturated heterocycles. The van der Waals surface area contributed by atoms with Crippen molar-refractivity contribution in [2.45, 2.75) is 11.3 Å². The van der Waals surface area contributed by atoms with Crippen LogP contribution in [0, 0.1) is 11.6 Å². The largest absolute Gasteiger partial charge is 0.481 e. The number of halogens is 2. The lowest BCUT2D eigenvalue weighted by molar-refractivity contribution is -0.136. The van der Waals surface area contributed by atoms with E-state index in [1.54, 1.807) is 0 Å². The van der Waals surface area contributed by atoms with Gasteiger partial charge < -0.3 is 5.11 Å². The molecule has 0 fully saturated rings. The number of carboxylic acids is 1. The number of aliphatic carboxylic acids is 1. The first kappa shape index (κ1) is 15.3. The van der Waals surface area contributed by atoms with E-state index < -0.39 is 32.5 Å². The lowest BCUT2D eigenvalue weighted by Crippen LogP contribution is -2.13. The number of carboxylic acid groups (broad SMARTS) is 1. The number of nitrogens with zero attached hydrogens (tertiary/aromatic N) is 1. The predicted octanol–water partition coefficient (Wildman–Crippen LogP) is 1.85. The molecule has 112 valence electrons. The Bertz CT molecular complexity index is 789. The number of benzene rings is 1. The molecule has 6 nitrogen and oxygen atoms in total. The van der Waals surface area contributed by atoms with E-state index in [1.807, 2.05) is 0 Å². The lowest BCUT2D eigenvalue weighted by atomic mass is 10.3. The van der Waals surface area contributed by atoms with Crippen molar-refractivity contribution in [3.63, 3.8) is 0 Å². The molecule has 2 rings (SSSR count). The van der Waals surface area contributed by atoms with Crippen LogP contribution in [0.2, 0.25) is 0 Å². The van der Waals surface area contributed by atoms with Gasteiger partial charge in [-0.15, -0.1) is 11.3 Å². The van der Waals surface area contributed by atoms with Gasteiger partial charge in [-0.1, -0.05) is 0 Å². The molecule has 0 radical (unpaired) electrons. The van der Waals surface area contributed by atoms with E-state index in [0.29, 0.717) is 12.1 Å². The zero-order valence-electron chi connectivity index (χ0n) is 10.2. The molecule has 0 aliphatic heterocycles. The number of rotatable bonds is 5. The zero-order valence-corrected chi connectivity index (χ0v) is 11.8. The third-order valence-electron chi connectivity index (χ3n) is 2.31. The van der Waals surface area contributed by atoms with Crippen LogP contribution in [0.1, 0.15) is 5.69 Å². The van der Waals surface area contributed by atoms with Gasteiger partial charge in [0, 0.05) is 5.38 Å². The summed E-state index contributed by atoms with van der Waals surface area (Å²) in [4.78, 5) is 13.8. The molecule has 0 spiro atoms. The summed E-state index contributed by atoms with van der Waals surface area (Å²) in [5.74, 6) is -3.55. The van der Waals surface area contributed by atoms with Crippen molar-refractivity contribution in [1.29, 1.82) is 0 Å². The topological polar surface area (TPSA) is 96.4 Å². The van der Waals surface area contributed by atoms with Crippen molar-refractivity contribution < 1.29 is 27.1 Å². The molecule has 0 bridgehead atoms. The van der Waals surface area contributed by atoms with Crippen LogP contribution in [-0.4, -0.2) is 24.5 Å². The maximum absolute atomic E-state index is 13.1. The Morgan fingerprint density at radius 2 is 2.05 bits per heavy atom. The number of sulfonamides is 1. The predicted molar refractivity (Wildman–Crippen MR) is 70.6 cm³/mol. The lowest BCUT2D eigenvalue weighted by Gasteiger charge is -2.05. The average molecular weight is 334 g/mol. The summed E-state index contributed by atoms with van der Waals surface area (Å²) in [5, 5.41) is 9.92. The van der Waals surface area contributed by atoms with Gasteiger partial charge in [-0.25, -0.2) is 22.2 Å². The average Bonchev–Trinajstić information content (AvgIpc) is 2.78. The minimum absolute atomic E-state index is 0.0593. The first-order chi connectivity index (χ1) is 9.78. The van der Waals surface area contributed by atoms with Gasteiger partial charge >= 0.3 is 5.97 Å². The number of hydrogen-bond acceptors (Lipinski definition) is 5. The SMILES string of the molecule is O=C(O)Cc1csc(NS(=O)(=O)c2ccc(F)c(F)c2)n1. The van der Waals surface area contributed by atoms with Crippen LogP contribution >= 0.6 is 11.3 Å². The van der Waals surface area contributed by atoms with Crippen molar-refractivity contribution in [3.8, 4) is 0 Å². The molecule has 0 aliphatic carbocycles. The highest BCUT2D eigenvalue weighted by molar-refractivity contribution is 7.93. The molecule has 0 atom stereocenters. The molecule has 0 unspecified atom stereocenters. The van der Waals surface area contributed by atoms with Crippen molar-refractivity contribution in [3.05, 3.63) is 40.9 Å². The molecule has 0 aliphatic rings. The molecule has 2 N–H and O–H groups in total. The molecule has 10 heteroatoms. The van der Waals surface area contributed by atoms with Gasteiger partial charge in [0.2, 0.25) is 0 Å². The quantitative estimate of drug-likeness (QED) is 0.870. The monoisotopic (exact) mass is 334 g/mol. The highest BCUT2D eigenvalue weighted by atomic mass is 32.2. The molecule has 21 heavy (non-hydrogen) atoms. The minimum atomic E-state index is -4.12. The summed E-state index contributed by atoms with van der Waals surface area (Å²) >= 11 is 0.888. The fourth-order valence-corrected chi connectivity index (χ4v) is 3.38. The number of nitrogens with one attached hydrogen (secondary N) is 1. The molecular weight excluding hydrogens is 326 g/mol. The van der Waals surface area contributed by atoms with Gasteiger partial charge in [0.1, 0.15) is 0 Å². The van der Waals surface area contributed by atoms with Crippen LogP contribution in [0.25, 0.3) is 0 Å². The second-order valence-corrected chi connectivity index (χ2v) is 6.44. The molecule has 1 aromatic heterocycles. The van der Waals surface area contributed by atoms with Crippen molar-refractivity contribution in [2.24, 2.45) is 0 Å². The number of aromatic nitrogens is 1. The summed E-state index contributed by atoms with van der Waals surface area (Å²) in [5.41, 5.74) is 0.190. The summed E-state index contributed by atoms with van der Waals surface area (Å²) in [6, 6.07) is 2.15. The van der Waals surface area contributed by atoms with Crippen LogP contribution in [-0.2, 0) is 21.2 Å². The Morgan fingerprint density at radius 1 is 1.33 bits per heavy atom. The number of carbonyl (C=O) groups is 1. The molecule has 0 amide bonds. The van der Waals surface area contributed by atoms with E-state index in [-0.39, 0.29) is 17.2 Å². The summed E-state index contributed by atoms with van der Waals surface area (Å²) in [7, 11) is -4.12. The van der Waals surface area contributed by atoms with Crippen LogP contribution in [0.4, 0.5) is 13.9 Å². The van der Waals surface area contributed by atoms with Crippen molar-refractivity contribution >= 4 is 32.5 Å². The van der Waals surface area contributed by atoms with Gasteiger partial charge in [-0.2, -0.15) is 0 Å². The van der Waals surface area contributed by atoms with Crippen LogP contribution in [0.5, 0.6) is 0 Å². The van der Waals surface area contributed by atoms with Gasteiger partial charge in [0.25, 0.3) is 10.0 Å². The maximum atomic E-state index is 13.1. The van der Waals surface area contributed by atoms with E-state index in [1.165, 1.54) is 5.38 Å². The third-order valence-corrected chi connectivity index (χ3v) is 4.58. The van der Waals surface area contributed by atoms with Crippen LogP contribution in [0.15, 0.2) is 28.5 Å². The number of hydrogen-bond donors (Lipinski definition) is 2. The van der Waals surface area contributed by atoms with Crippen molar-refractivity contribution in [2.75, 3.05) is 4.72 Å². The Kier molecular flexibility index (Phi) is 4.19. The summed E-state index contributed by atoms with van der Waals surface area (Å²) < 4.78 is 51.8. The van der Waals surface area contributed by atoms with E-state index in [9.17, 15) is 22.0 Å². The molecule has 0 saturated carbocycles. The Hall–Kier alpha value is -2.07. The summed E-state index contributed by atoms with van der Waals surface area (Å²) in [6.45, 7) is 0. The van der Waals surface area contributed by atoms with E-state index in [4.69, 9.17) is 5.11 Å². The second kappa shape index (κ2) is 5.74. The van der Waals surface area contributed by atoms with Gasteiger partial charge in [-0.05, 0) is 18.2 Å². The highest BCUT2D eigenvalue weighted by Gasteiger charge is 2.18.